The number of amides is 2. The standard InChI is InChI=1S/C25H21FN2O4/c1-31-20-10-12-21(13-11-20)32-15-14-28-24(29)22(17-6-3-2-4-7-17)23(25(28)30)27-19-9-5-8-18(26)16-19/h2-13,16,27H,14-15H2,1H3. The van der Waals surface area contributed by atoms with E-state index in [9.17, 15) is 14.0 Å². The summed E-state index contributed by atoms with van der Waals surface area (Å²) in [4.78, 5) is 27.4. The Labute approximate surface area is 184 Å². The number of carbonyl (C=O) groups excluding carboxylic acids is 2. The number of benzene rings is 3. The van der Waals surface area contributed by atoms with Gasteiger partial charge in [0.15, 0.2) is 0 Å². The zero-order valence-electron chi connectivity index (χ0n) is 17.4. The number of hydrogen-bond acceptors (Lipinski definition) is 5. The third kappa shape index (κ3) is 4.46. The van der Waals surface area contributed by atoms with Gasteiger partial charge >= 0.3 is 0 Å². The number of methoxy groups -OCH3 is 1. The van der Waals surface area contributed by atoms with E-state index in [2.05, 4.69) is 5.32 Å². The monoisotopic (exact) mass is 432 g/mol. The van der Waals surface area contributed by atoms with E-state index in [1.165, 1.54) is 18.2 Å². The highest BCUT2D eigenvalue weighted by Gasteiger charge is 2.39. The summed E-state index contributed by atoms with van der Waals surface area (Å²) in [5.41, 5.74) is 1.33. The number of anilines is 1. The minimum absolute atomic E-state index is 0.0638. The third-order valence-electron chi connectivity index (χ3n) is 4.97. The van der Waals surface area contributed by atoms with Gasteiger partial charge in [-0.2, -0.15) is 0 Å². The molecule has 2 amide bonds. The van der Waals surface area contributed by atoms with Crippen LogP contribution in [0.15, 0.2) is 84.6 Å². The van der Waals surface area contributed by atoms with Gasteiger partial charge < -0.3 is 14.8 Å². The molecule has 32 heavy (non-hydrogen) atoms. The number of rotatable bonds is 8. The van der Waals surface area contributed by atoms with Crippen molar-refractivity contribution in [1.82, 2.24) is 4.90 Å². The molecule has 0 saturated heterocycles. The van der Waals surface area contributed by atoms with Crippen LogP contribution in [0.25, 0.3) is 5.57 Å². The molecule has 0 unspecified atom stereocenters. The molecule has 1 aliphatic rings. The number of halogens is 1. The summed E-state index contributed by atoms with van der Waals surface area (Å²) in [6.45, 7) is 0.188. The molecule has 1 aliphatic heterocycles. The molecule has 0 radical (unpaired) electrons. The van der Waals surface area contributed by atoms with Gasteiger partial charge in [-0.15, -0.1) is 0 Å². The predicted molar refractivity (Wildman–Crippen MR) is 119 cm³/mol. The fourth-order valence-corrected chi connectivity index (χ4v) is 3.41. The lowest BCUT2D eigenvalue weighted by atomic mass is 10.0. The molecule has 0 bridgehead atoms. The minimum atomic E-state index is -0.489. The summed E-state index contributed by atoms with van der Waals surface area (Å²) < 4.78 is 24.4. The van der Waals surface area contributed by atoms with Gasteiger partial charge in [-0.1, -0.05) is 36.4 Å². The summed E-state index contributed by atoms with van der Waals surface area (Å²) in [6.07, 6.45) is 0. The van der Waals surface area contributed by atoms with Gasteiger partial charge in [0.05, 0.1) is 19.2 Å². The maximum Gasteiger partial charge on any atom is 0.278 e. The van der Waals surface area contributed by atoms with E-state index in [0.29, 0.717) is 22.7 Å². The molecule has 3 aromatic carbocycles. The average Bonchev–Trinajstić information content (AvgIpc) is 3.04. The SMILES string of the molecule is COc1ccc(OCCN2C(=O)C(Nc3cccc(F)c3)=C(c3ccccc3)C2=O)cc1. The average molecular weight is 432 g/mol. The van der Waals surface area contributed by atoms with Crippen molar-refractivity contribution in [1.29, 1.82) is 0 Å². The normalized spacial score (nSPS) is 13.5. The molecule has 0 aromatic heterocycles. The van der Waals surface area contributed by atoms with Crippen LogP contribution in [-0.4, -0.2) is 37.0 Å². The van der Waals surface area contributed by atoms with Crippen LogP contribution >= 0.6 is 0 Å². The highest BCUT2D eigenvalue weighted by Crippen LogP contribution is 2.30. The first-order valence-electron chi connectivity index (χ1n) is 10.0. The van der Waals surface area contributed by atoms with E-state index in [4.69, 9.17) is 9.47 Å². The van der Waals surface area contributed by atoms with Gasteiger partial charge in [-0.3, -0.25) is 14.5 Å². The fourth-order valence-electron chi connectivity index (χ4n) is 3.41. The molecule has 0 atom stereocenters. The number of imide groups is 1. The summed E-state index contributed by atoms with van der Waals surface area (Å²) in [7, 11) is 1.58. The Hall–Kier alpha value is -4.13. The van der Waals surface area contributed by atoms with Crippen LogP contribution in [0.4, 0.5) is 10.1 Å². The molecule has 162 valence electrons. The predicted octanol–water partition coefficient (Wildman–Crippen LogP) is 4.11. The van der Waals surface area contributed by atoms with Gasteiger partial charge in [-0.25, -0.2) is 4.39 Å². The zero-order chi connectivity index (χ0) is 22.5. The van der Waals surface area contributed by atoms with Crippen molar-refractivity contribution in [2.75, 3.05) is 25.6 Å². The first-order valence-corrected chi connectivity index (χ1v) is 10.0. The second-order valence-corrected chi connectivity index (χ2v) is 7.04. The highest BCUT2D eigenvalue weighted by molar-refractivity contribution is 6.36. The Kier molecular flexibility index (Phi) is 6.17. The fraction of sp³-hybridized carbons (Fsp3) is 0.120. The summed E-state index contributed by atoms with van der Waals surface area (Å²) >= 11 is 0. The zero-order valence-corrected chi connectivity index (χ0v) is 17.4. The molecule has 1 N–H and O–H groups in total. The quantitative estimate of drug-likeness (QED) is 0.543. The molecule has 6 nitrogen and oxygen atoms in total. The lowest BCUT2D eigenvalue weighted by molar-refractivity contribution is -0.137. The van der Waals surface area contributed by atoms with Gasteiger partial charge in [0.1, 0.15) is 29.6 Å². The summed E-state index contributed by atoms with van der Waals surface area (Å²) in [5.74, 6) is -0.0699. The van der Waals surface area contributed by atoms with E-state index < -0.39 is 17.6 Å². The number of nitrogens with zero attached hydrogens (tertiary/aromatic N) is 1. The topological polar surface area (TPSA) is 67.9 Å². The van der Waals surface area contributed by atoms with Crippen molar-refractivity contribution < 1.29 is 23.5 Å². The Morgan fingerprint density at radius 2 is 1.59 bits per heavy atom. The second-order valence-electron chi connectivity index (χ2n) is 7.04. The lowest BCUT2D eigenvalue weighted by Crippen LogP contribution is -2.36. The maximum absolute atomic E-state index is 13.6. The van der Waals surface area contributed by atoms with Crippen LogP contribution in [-0.2, 0) is 9.59 Å². The van der Waals surface area contributed by atoms with Gasteiger partial charge in [0.2, 0.25) is 0 Å². The van der Waals surface area contributed by atoms with E-state index >= 15 is 0 Å². The Balaban J connectivity index is 1.54. The first kappa shape index (κ1) is 21.1. The Bertz CT molecular complexity index is 1160. The van der Waals surface area contributed by atoms with Crippen LogP contribution in [0.2, 0.25) is 0 Å². The molecule has 0 spiro atoms. The number of carbonyl (C=O) groups is 2. The van der Waals surface area contributed by atoms with E-state index in [-0.39, 0.29) is 24.4 Å². The Morgan fingerprint density at radius 3 is 2.28 bits per heavy atom. The largest absolute Gasteiger partial charge is 0.497 e. The van der Waals surface area contributed by atoms with Crippen LogP contribution in [0.5, 0.6) is 11.5 Å². The summed E-state index contributed by atoms with van der Waals surface area (Å²) in [5, 5.41) is 2.93. The van der Waals surface area contributed by atoms with Crippen LogP contribution < -0.4 is 14.8 Å². The molecule has 7 heteroatoms. The molecule has 3 aromatic rings. The molecule has 4 rings (SSSR count). The minimum Gasteiger partial charge on any atom is -0.497 e. The third-order valence-corrected chi connectivity index (χ3v) is 4.97. The van der Waals surface area contributed by atoms with Crippen LogP contribution in [0.1, 0.15) is 5.56 Å². The molecular weight excluding hydrogens is 411 g/mol. The van der Waals surface area contributed by atoms with Crippen molar-refractivity contribution in [3.8, 4) is 11.5 Å². The molecule has 1 heterocycles. The second kappa shape index (κ2) is 9.34. The maximum atomic E-state index is 13.6. The molecule has 0 fully saturated rings. The van der Waals surface area contributed by atoms with Crippen molar-refractivity contribution >= 4 is 23.1 Å². The summed E-state index contributed by atoms with van der Waals surface area (Å²) in [6, 6.07) is 21.7. The van der Waals surface area contributed by atoms with Crippen LogP contribution in [0.3, 0.4) is 0 Å². The lowest BCUT2D eigenvalue weighted by Gasteiger charge is -2.16. The van der Waals surface area contributed by atoms with Crippen molar-refractivity contribution in [2.24, 2.45) is 0 Å². The van der Waals surface area contributed by atoms with E-state index in [1.807, 2.05) is 6.07 Å². The van der Waals surface area contributed by atoms with Gasteiger partial charge in [-0.05, 0) is 48.0 Å². The van der Waals surface area contributed by atoms with Crippen LogP contribution in [0, 0.1) is 5.82 Å². The van der Waals surface area contributed by atoms with E-state index in [1.54, 1.807) is 61.7 Å². The van der Waals surface area contributed by atoms with Crippen molar-refractivity contribution in [3.63, 3.8) is 0 Å². The van der Waals surface area contributed by atoms with E-state index in [0.717, 1.165) is 4.90 Å². The smallest absolute Gasteiger partial charge is 0.278 e. The highest BCUT2D eigenvalue weighted by atomic mass is 19.1. The first-order chi connectivity index (χ1) is 15.6. The molecule has 0 saturated carbocycles. The Morgan fingerprint density at radius 1 is 0.875 bits per heavy atom. The number of hydrogen-bond donors (Lipinski definition) is 1. The molecule has 0 aliphatic carbocycles. The van der Waals surface area contributed by atoms with Gasteiger partial charge in [0, 0.05) is 5.69 Å². The number of nitrogens with one attached hydrogen (secondary N) is 1. The molecular formula is C25H21FN2O4. The van der Waals surface area contributed by atoms with Gasteiger partial charge in [0.25, 0.3) is 11.8 Å². The van der Waals surface area contributed by atoms with Crippen molar-refractivity contribution in [3.05, 3.63) is 95.9 Å². The number of ether oxygens (including phenoxy) is 2. The van der Waals surface area contributed by atoms with Crippen molar-refractivity contribution in [2.45, 2.75) is 0 Å².